The lowest BCUT2D eigenvalue weighted by atomic mass is 9.72. The highest BCUT2D eigenvalue weighted by Crippen LogP contribution is 2.45. The van der Waals surface area contributed by atoms with E-state index in [-0.39, 0.29) is 23.6 Å². The van der Waals surface area contributed by atoms with Crippen molar-refractivity contribution in [2.75, 3.05) is 6.61 Å². The van der Waals surface area contributed by atoms with Crippen molar-refractivity contribution >= 4 is 33.4 Å². The number of hydrogen-bond donors (Lipinski definition) is 0. The van der Waals surface area contributed by atoms with E-state index in [1.165, 1.54) is 0 Å². The molecule has 1 aliphatic heterocycles. The van der Waals surface area contributed by atoms with Gasteiger partial charge in [0.25, 0.3) is 0 Å². The number of carbonyl (C=O) groups excluding carboxylic acids is 2. The first-order valence-electron chi connectivity index (χ1n) is 9.12. The highest BCUT2D eigenvalue weighted by Gasteiger charge is 2.43. The predicted octanol–water partition coefficient (Wildman–Crippen LogP) is 4.83. The van der Waals surface area contributed by atoms with Crippen molar-refractivity contribution in [1.82, 2.24) is 0 Å². The van der Waals surface area contributed by atoms with Gasteiger partial charge in [0.05, 0.1) is 6.61 Å². The number of benzene rings is 1. The van der Waals surface area contributed by atoms with Gasteiger partial charge in [0.15, 0.2) is 5.78 Å². The van der Waals surface area contributed by atoms with Crippen molar-refractivity contribution in [3.8, 4) is 0 Å². The molecule has 2 aliphatic rings. The highest BCUT2D eigenvalue weighted by atomic mass is 79.9. The van der Waals surface area contributed by atoms with E-state index in [1.807, 2.05) is 45.0 Å². The highest BCUT2D eigenvalue weighted by molar-refractivity contribution is 9.10. The number of allylic oxidation sites excluding steroid dienone is 2. The normalized spacial score (nSPS) is 23.0. The SMILES string of the molecule is CC1=NC2=C(C(=O)CCC2)[C@@H](c2ccccc2Br)C1C(=O)OCC(C)C. The van der Waals surface area contributed by atoms with Crippen molar-refractivity contribution in [3.05, 3.63) is 45.6 Å². The van der Waals surface area contributed by atoms with Crippen LogP contribution >= 0.6 is 15.9 Å². The van der Waals surface area contributed by atoms with Gasteiger partial charge < -0.3 is 4.74 Å². The average Bonchev–Trinajstić information content (AvgIpc) is 2.59. The Balaban J connectivity index is 2.09. The second kappa shape index (κ2) is 7.87. The van der Waals surface area contributed by atoms with Gasteiger partial charge in [-0.15, -0.1) is 0 Å². The first-order chi connectivity index (χ1) is 12.4. The van der Waals surface area contributed by atoms with Crippen LogP contribution in [0.5, 0.6) is 0 Å². The molecule has 3 rings (SSSR count). The summed E-state index contributed by atoms with van der Waals surface area (Å²) in [5.74, 6) is -0.845. The number of ether oxygens (including phenoxy) is 1. The smallest absolute Gasteiger partial charge is 0.315 e. The lowest BCUT2D eigenvalue weighted by Crippen LogP contribution is -2.37. The Bertz CT molecular complexity index is 794. The number of Topliss-reactive ketones (excluding diaryl/α,β-unsaturated/α-hetero) is 1. The summed E-state index contributed by atoms with van der Waals surface area (Å²) >= 11 is 3.60. The summed E-state index contributed by atoms with van der Waals surface area (Å²) < 4.78 is 6.45. The van der Waals surface area contributed by atoms with Crippen LogP contribution in [0.3, 0.4) is 0 Å². The minimum atomic E-state index is -0.562. The maximum absolute atomic E-state index is 12.9. The van der Waals surface area contributed by atoms with Crippen molar-refractivity contribution in [3.63, 3.8) is 0 Å². The summed E-state index contributed by atoms with van der Waals surface area (Å²) in [6, 6.07) is 7.79. The van der Waals surface area contributed by atoms with Gasteiger partial charge in [-0.3, -0.25) is 14.6 Å². The van der Waals surface area contributed by atoms with Gasteiger partial charge in [-0.1, -0.05) is 48.0 Å². The largest absolute Gasteiger partial charge is 0.465 e. The zero-order valence-corrected chi connectivity index (χ0v) is 17.0. The summed E-state index contributed by atoms with van der Waals surface area (Å²) in [4.78, 5) is 30.4. The second-order valence-corrected chi connectivity index (χ2v) is 8.25. The summed E-state index contributed by atoms with van der Waals surface area (Å²) in [6.07, 6.45) is 2.12. The molecule has 1 aliphatic carbocycles. The van der Waals surface area contributed by atoms with E-state index >= 15 is 0 Å². The van der Waals surface area contributed by atoms with Gasteiger partial charge in [-0.25, -0.2) is 0 Å². The molecular weight excluding hydrogens is 394 g/mol. The number of hydrogen-bond acceptors (Lipinski definition) is 4. The first kappa shape index (κ1) is 19.0. The van der Waals surface area contributed by atoms with Crippen molar-refractivity contribution in [1.29, 1.82) is 0 Å². The number of aliphatic imine (C=N–C) groups is 1. The van der Waals surface area contributed by atoms with Crippen LogP contribution in [-0.4, -0.2) is 24.1 Å². The Hall–Kier alpha value is -1.75. The fourth-order valence-electron chi connectivity index (χ4n) is 3.71. The van der Waals surface area contributed by atoms with Crippen LogP contribution in [0.1, 0.15) is 51.5 Å². The standard InChI is InChI=1S/C21H24BrNO3/c1-12(2)11-26-21(25)18-13(3)23-16-9-6-10-17(24)20(16)19(18)14-7-4-5-8-15(14)22/h4-5,7-8,12,18-19H,6,9-11H2,1-3H3/t18?,19-/m0/s1. The Morgan fingerprint density at radius 3 is 2.73 bits per heavy atom. The molecule has 0 spiro atoms. The summed E-state index contributed by atoms with van der Waals surface area (Å²) in [5.41, 5.74) is 3.21. The van der Waals surface area contributed by atoms with Crippen LogP contribution < -0.4 is 0 Å². The summed E-state index contributed by atoms with van der Waals surface area (Å²) in [5, 5.41) is 0. The van der Waals surface area contributed by atoms with Crippen molar-refractivity contribution < 1.29 is 14.3 Å². The first-order valence-corrected chi connectivity index (χ1v) is 9.92. The Morgan fingerprint density at radius 1 is 1.31 bits per heavy atom. The second-order valence-electron chi connectivity index (χ2n) is 7.39. The fourth-order valence-corrected chi connectivity index (χ4v) is 4.25. The maximum Gasteiger partial charge on any atom is 0.315 e. The van der Waals surface area contributed by atoms with E-state index in [4.69, 9.17) is 4.74 Å². The number of esters is 1. The van der Waals surface area contributed by atoms with Crippen molar-refractivity contribution in [2.45, 2.75) is 46.0 Å². The summed E-state index contributed by atoms with van der Waals surface area (Å²) in [7, 11) is 0. The lowest BCUT2D eigenvalue weighted by molar-refractivity contribution is -0.147. The molecule has 0 saturated heterocycles. The number of halogens is 1. The van der Waals surface area contributed by atoms with Crippen LogP contribution in [0.15, 0.2) is 45.0 Å². The summed E-state index contributed by atoms with van der Waals surface area (Å²) in [6.45, 7) is 6.25. The molecule has 1 unspecified atom stereocenters. The number of ketones is 1. The Morgan fingerprint density at radius 2 is 2.04 bits per heavy atom. The molecule has 5 heteroatoms. The van der Waals surface area contributed by atoms with Crippen LogP contribution in [-0.2, 0) is 14.3 Å². The lowest BCUT2D eigenvalue weighted by Gasteiger charge is -2.35. The molecule has 2 atom stereocenters. The molecule has 1 aromatic rings. The van der Waals surface area contributed by atoms with E-state index in [0.29, 0.717) is 18.6 Å². The zero-order valence-electron chi connectivity index (χ0n) is 15.4. The molecule has 0 amide bonds. The molecule has 138 valence electrons. The molecule has 26 heavy (non-hydrogen) atoms. The Labute approximate surface area is 162 Å². The molecule has 0 fully saturated rings. The van der Waals surface area contributed by atoms with Gasteiger partial charge in [-0.05, 0) is 37.3 Å². The van der Waals surface area contributed by atoms with Crippen LogP contribution in [0.4, 0.5) is 0 Å². The fraction of sp³-hybridized carbons (Fsp3) is 0.476. The topological polar surface area (TPSA) is 55.7 Å². The molecular formula is C21H24BrNO3. The van der Waals surface area contributed by atoms with E-state index in [9.17, 15) is 9.59 Å². The van der Waals surface area contributed by atoms with Crippen molar-refractivity contribution in [2.24, 2.45) is 16.8 Å². The van der Waals surface area contributed by atoms with Gasteiger partial charge in [-0.2, -0.15) is 0 Å². The van der Waals surface area contributed by atoms with Gasteiger partial charge in [0, 0.05) is 33.8 Å². The van der Waals surface area contributed by atoms with Gasteiger partial charge in [0.2, 0.25) is 0 Å². The van der Waals surface area contributed by atoms with E-state index in [1.54, 1.807) is 0 Å². The molecule has 0 aromatic heterocycles. The molecule has 1 aromatic carbocycles. The molecule has 0 N–H and O–H groups in total. The van der Waals surface area contributed by atoms with E-state index < -0.39 is 5.92 Å². The van der Waals surface area contributed by atoms with E-state index in [0.717, 1.165) is 34.3 Å². The minimum Gasteiger partial charge on any atom is -0.465 e. The predicted molar refractivity (Wildman–Crippen MR) is 105 cm³/mol. The van der Waals surface area contributed by atoms with E-state index in [2.05, 4.69) is 20.9 Å². The molecule has 0 bridgehead atoms. The zero-order chi connectivity index (χ0) is 18.8. The van der Waals surface area contributed by atoms with Gasteiger partial charge in [0.1, 0.15) is 5.92 Å². The third kappa shape index (κ3) is 3.68. The monoisotopic (exact) mass is 417 g/mol. The molecule has 0 radical (unpaired) electrons. The quantitative estimate of drug-likeness (QED) is 0.659. The Kier molecular flexibility index (Phi) is 5.76. The maximum atomic E-state index is 12.9. The minimum absolute atomic E-state index is 0.102. The number of carbonyl (C=O) groups is 2. The number of nitrogens with zero attached hydrogens (tertiary/aromatic N) is 1. The average molecular weight is 418 g/mol. The third-order valence-corrected chi connectivity index (χ3v) is 5.61. The van der Waals surface area contributed by atoms with Crippen LogP contribution in [0.2, 0.25) is 0 Å². The van der Waals surface area contributed by atoms with Gasteiger partial charge >= 0.3 is 5.97 Å². The third-order valence-electron chi connectivity index (χ3n) is 4.89. The van der Waals surface area contributed by atoms with Crippen LogP contribution in [0.25, 0.3) is 0 Å². The number of rotatable bonds is 4. The molecule has 4 nitrogen and oxygen atoms in total. The molecule has 1 heterocycles. The molecule has 0 saturated carbocycles. The van der Waals surface area contributed by atoms with Crippen LogP contribution in [0, 0.1) is 11.8 Å².